The molecule has 0 fully saturated rings. The van der Waals surface area contributed by atoms with Crippen LogP contribution in [0.15, 0.2) is 42.5 Å². The first-order chi connectivity index (χ1) is 13.3. The van der Waals surface area contributed by atoms with E-state index < -0.39 is 22.9 Å². The molecule has 2 aromatic carbocycles. The topological polar surface area (TPSA) is 92.7 Å². The summed E-state index contributed by atoms with van der Waals surface area (Å²) in [6.07, 6.45) is -0.157. The van der Waals surface area contributed by atoms with Gasteiger partial charge in [0, 0.05) is 11.3 Å². The van der Waals surface area contributed by atoms with E-state index in [-0.39, 0.29) is 12.2 Å². The van der Waals surface area contributed by atoms with Crippen LogP contribution in [0.1, 0.15) is 22.3 Å². The maximum absolute atomic E-state index is 12.9. The van der Waals surface area contributed by atoms with Crippen molar-refractivity contribution in [2.45, 2.75) is 18.6 Å². The molecule has 0 spiro atoms. The van der Waals surface area contributed by atoms with Gasteiger partial charge in [-0.05, 0) is 48.9 Å². The van der Waals surface area contributed by atoms with Gasteiger partial charge in [-0.1, -0.05) is 17.7 Å². The van der Waals surface area contributed by atoms with Crippen molar-refractivity contribution in [2.75, 3.05) is 18.2 Å². The lowest BCUT2D eigenvalue weighted by Gasteiger charge is -2.16. The minimum atomic E-state index is -1.11. The Kier molecular flexibility index (Phi) is 7.90. The molecule has 2 aromatic rings. The van der Waals surface area contributed by atoms with Crippen LogP contribution in [0, 0.1) is 6.92 Å². The van der Waals surface area contributed by atoms with Crippen molar-refractivity contribution in [1.82, 2.24) is 0 Å². The predicted molar refractivity (Wildman–Crippen MR) is 111 cm³/mol. The number of benzene rings is 2. The first-order valence-electron chi connectivity index (χ1n) is 8.40. The van der Waals surface area contributed by atoms with Gasteiger partial charge in [0.15, 0.2) is 5.78 Å². The lowest BCUT2D eigenvalue weighted by Crippen LogP contribution is -2.33. The molecule has 0 radical (unpaired) electrons. The van der Waals surface area contributed by atoms with Crippen LogP contribution in [0.25, 0.3) is 0 Å². The SMILES string of the molecule is COc1ccc(C(=O)C(SCCC(=O)O)C(=O)Nc2cc(C)ccc2Cl)cc1. The molecule has 0 saturated carbocycles. The monoisotopic (exact) mass is 421 g/mol. The van der Waals surface area contributed by atoms with E-state index in [0.717, 1.165) is 17.3 Å². The number of hydrogen-bond donors (Lipinski definition) is 2. The number of ketones is 1. The number of thioether (sulfide) groups is 1. The summed E-state index contributed by atoms with van der Waals surface area (Å²) >= 11 is 7.11. The minimum absolute atomic E-state index is 0.122. The quantitative estimate of drug-likeness (QED) is 0.468. The van der Waals surface area contributed by atoms with Gasteiger partial charge >= 0.3 is 5.97 Å². The summed E-state index contributed by atoms with van der Waals surface area (Å²) in [4.78, 5) is 36.5. The van der Waals surface area contributed by atoms with E-state index in [1.54, 1.807) is 42.5 Å². The molecule has 148 valence electrons. The fourth-order valence-electron chi connectivity index (χ4n) is 2.37. The highest BCUT2D eigenvalue weighted by atomic mass is 35.5. The number of hydrogen-bond acceptors (Lipinski definition) is 5. The summed E-state index contributed by atoms with van der Waals surface area (Å²) in [7, 11) is 1.51. The standard InChI is InChI=1S/C20H20ClNO5S/c1-12-3-8-15(21)16(11-12)22-20(26)19(28-10-9-17(23)24)18(25)13-4-6-14(27-2)7-5-13/h3-8,11,19H,9-10H2,1-2H3,(H,22,26)(H,23,24). The number of nitrogens with one attached hydrogen (secondary N) is 1. The number of carbonyl (C=O) groups is 3. The number of anilines is 1. The van der Waals surface area contributed by atoms with E-state index >= 15 is 0 Å². The molecule has 28 heavy (non-hydrogen) atoms. The third-order valence-corrected chi connectivity index (χ3v) is 5.36. The second-order valence-corrected chi connectivity index (χ2v) is 7.58. The van der Waals surface area contributed by atoms with Gasteiger partial charge in [0.1, 0.15) is 11.0 Å². The Balaban J connectivity index is 2.23. The number of rotatable bonds is 9. The highest BCUT2D eigenvalue weighted by Crippen LogP contribution is 2.26. The van der Waals surface area contributed by atoms with E-state index in [0.29, 0.717) is 22.0 Å². The Morgan fingerprint density at radius 3 is 2.46 bits per heavy atom. The van der Waals surface area contributed by atoms with Crippen molar-refractivity contribution in [2.24, 2.45) is 0 Å². The van der Waals surface area contributed by atoms with Crippen LogP contribution >= 0.6 is 23.4 Å². The van der Waals surface area contributed by atoms with Crippen molar-refractivity contribution >= 4 is 46.7 Å². The Morgan fingerprint density at radius 2 is 1.86 bits per heavy atom. The van der Waals surface area contributed by atoms with Crippen LogP contribution in [0.2, 0.25) is 5.02 Å². The zero-order valence-corrected chi connectivity index (χ0v) is 17.0. The molecule has 1 amide bonds. The number of Topliss-reactive ketones (excluding diaryl/α,β-unsaturated/α-hetero) is 1. The lowest BCUT2D eigenvalue weighted by molar-refractivity contribution is -0.136. The highest BCUT2D eigenvalue weighted by molar-refractivity contribution is 8.01. The van der Waals surface area contributed by atoms with Crippen LogP contribution in [0.4, 0.5) is 5.69 Å². The van der Waals surface area contributed by atoms with Gasteiger partial charge in [0.2, 0.25) is 5.91 Å². The minimum Gasteiger partial charge on any atom is -0.497 e. The Hall–Kier alpha value is -2.51. The number of ether oxygens (including phenoxy) is 1. The molecule has 2 rings (SSSR count). The molecule has 0 aromatic heterocycles. The van der Waals surface area contributed by atoms with Crippen LogP contribution in [0.5, 0.6) is 5.75 Å². The number of halogens is 1. The third kappa shape index (κ3) is 6.00. The van der Waals surface area contributed by atoms with Gasteiger partial charge in [-0.2, -0.15) is 0 Å². The van der Waals surface area contributed by atoms with Gasteiger partial charge in [-0.25, -0.2) is 0 Å². The van der Waals surface area contributed by atoms with Gasteiger partial charge in [0.25, 0.3) is 0 Å². The fraction of sp³-hybridized carbons (Fsp3) is 0.250. The van der Waals surface area contributed by atoms with Gasteiger partial charge in [-0.3, -0.25) is 14.4 Å². The zero-order chi connectivity index (χ0) is 20.7. The Bertz CT molecular complexity index is 869. The number of carbonyl (C=O) groups excluding carboxylic acids is 2. The van der Waals surface area contributed by atoms with Crippen LogP contribution < -0.4 is 10.1 Å². The summed E-state index contributed by atoms with van der Waals surface area (Å²) in [5, 5.41) is 10.8. The first kappa shape index (κ1) is 21.8. The van der Waals surface area contributed by atoms with E-state index in [9.17, 15) is 14.4 Å². The fourth-order valence-corrected chi connectivity index (χ4v) is 3.57. The molecule has 0 saturated heterocycles. The average molecular weight is 422 g/mol. The molecule has 8 heteroatoms. The first-order valence-corrected chi connectivity index (χ1v) is 9.83. The second kappa shape index (κ2) is 10.1. The predicted octanol–water partition coefficient (Wildman–Crippen LogP) is 4.05. The van der Waals surface area contributed by atoms with Crippen molar-refractivity contribution in [3.8, 4) is 5.75 Å². The van der Waals surface area contributed by atoms with Crippen molar-refractivity contribution in [1.29, 1.82) is 0 Å². The molecule has 6 nitrogen and oxygen atoms in total. The molecule has 0 aliphatic carbocycles. The number of carboxylic acid groups (broad SMARTS) is 1. The van der Waals surface area contributed by atoms with Crippen molar-refractivity contribution in [3.05, 3.63) is 58.6 Å². The van der Waals surface area contributed by atoms with Crippen molar-refractivity contribution in [3.63, 3.8) is 0 Å². The van der Waals surface area contributed by atoms with E-state index in [4.69, 9.17) is 21.4 Å². The van der Waals surface area contributed by atoms with E-state index in [1.165, 1.54) is 7.11 Å². The number of amides is 1. The summed E-state index contributed by atoms with van der Waals surface area (Å²) in [6.45, 7) is 1.85. The number of aryl methyl sites for hydroxylation is 1. The average Bonchev–Trinajstić information content (AvgIpc) is 2.67. The zero-order valence-electron chi connectivity index (χ0n) is 15.4. The third-order valence-electron chi connectivity index (χ3n) is 3.83. The molecular formula is C20H20ClNO5S. The van der Waals surface area contributed by atoms with Crippen LogP contribution in [-0.2, 0) is 9.59 Å². The molecule has 0 bridgehead atoms. The normalized spacial score (nSPS) is 11.5. The molecule has 1 unspecified atom stereocenters. The van der Waals surface area contributed by atoms with Gasteiger partial charge in [0.05, 0.1) is 24.2 Å². The number of aliphatic carboxylic acids is 1. The van der Waals surface area contributed by atoms with Gasteiger partial charge < -0.3 is 15.2 Å². The maximum atomic E-state index is 12.9. The molecule has 1 atom stereocenters. The molecular weight excluding hydrogens is 402 g/mol. The largest absolute Gasteiger partial charge is 0.497 e. The van der Waals surface area contributed by atoms with Crippen LogP contribution in [0.3, 0.4) is 0 Å². The maximum Gasteiger partial charge on any atom is 0.304 e. The van der Waals surface area contributed by atoms with E-state index in [2.05, 4.69) is 5.32 Å². The molecule has 0 aliphatic rings. The molecule has 2 N–H and O–H groups in total. The highest BCUT2D eigenvalue weighted by Gasteiger charge is 2.29. The second-order valence-electron chi connectivity index (χ2n) is 5.96. The Morgan fingerprint density at radius 1 is 1.18 bits per heavy atom. The molecule has 0 heterocycles. The number of methoxy groups -OCH3 is 1. The summed E-state index contributed by atoms with van der Waals surface area (Å²) < 4.78 is 5.08. The Labute approximate surface area is 172 Å². The van der Waals surface area contributed by atoms with Crippen LogP contribution in [-0.4, -0.2) is 40.9 Å². The number of carboxylic acids is 1. The lowest BCUT2D eigenvalue weighted by atomic mass is 10.1. The van der Waals surface area contributed by atoms with Crippen molar-refractivity contribution < 1.29 is 24.2 Å². The summed E-state index contributed by atoms with van der Waals surface area (Å²) in [5.41, 5.74) is 1.63. The van der Waals surface area contributed by atoms with E-state index in [1.807, 2.05) is 6.92 Å². The summed E-state index contributed by atoms with van der Waals surface area (Å²) in [5.74, 6) is -1.26. The summed E-state index contributed by atoms with van der Waals surface area (Å²) in [6, 6.07) is 11.6. The smallest absolute Gasteiger partial charge is 0.304 e. The van der Waals surface area contributed by atoms with Gasteiger partial charge in [-0.15, -0.1) is 11.8 Å². The molecule has 0 aliphatic heterocycles.